The summed E-state index contributed by atoms with van der Waals surface area (Å²) in [4.78, 5) is 0. The molecular formula is C16H16F2O. The van der Waals surface area contributed by atoms with Crippen molar-refractivity contribution in [3.63, 3.8) is 0 Å². The van der Waals surface area contributed by atoms with Crippen LogP contribution in [-0.2, 0) is 6.42 Å². The Labute approximate surface area is 111 Å². The van der Waals surface area contributed by atoms with E-state index in [-0.39, 0.29) is 12.0 Å². The lowest BCUT2D eigenvalue weighted by Crippen LogP contribution is -2.06. The van der Waals surface area contributed by atoms with Gasteiger partial charge in [0.15, 0.2) is 11.6 Å². The molecule has 2 aromatic carbocycles. The number of aliphatic hydroxyl groups excluding tert-OH is 1. The Kier molecular flexibility index (Phi) is 3.96. The van der Waals surface area contributed by atoms with Crippen LogP contribution in [0.3, 0.4) is 0 Å². The van der Waals surface area contributed by atoms with E-state index in [0.29, 0.717) is 0 Å². The molecular weight excluding hydrogens is 246 g/mol. The van der Waals surface area contributed by atoms with Crippen molar-refractivity contribution >= 4 is 0 Å². The molecule has 19 heavy (non-hydrogen) atoms. The largest absolute Gasteiger partial charge is 0.388 e. The van der Waals surface area contributed by atoms with Crippen molar-refractivity contribution in [2.45, 2.75) is 26.4 Å². The van der Waals surface area contributed by atoms with Crippen LogP contribution in [0.25, 0.3) is 0 Å². The highest BCUT2D eigenvalue weighted by atomic mass is 19.2. The molecule has 0 aromatic heterocycles. The van der Waals surface area contributed by atoms with Crippen molar-refractivity contribution in [3.05, 3.63) is 70.3 Å². The van der Waals surface area contributed by atoms with Gasteiger partial charge in [-0.2, -0.15) is 0 Å². The van der Waals surface area contributed by atoms with Crippen molar-refractivity contribution < 1.29 is 13.9 Å². The van der Waals surface area contributed by atoms with Crippen LogP contribution in [-0.4, -0.2) is 5.11 Å². The summed E-state index contributed by atoms with van der Waals surface area (Å²) in [6.07, 6.45) is -0.773. The second kappa shape index (κ2) is 5.49. The lowest BCUT2D eigenvalue weighted by Gasteiger charge is -2.15. The minimum atomic E-state index is -0.884. The molecule has 1 N–H and O–H groups in total. The van der Waals surface area contributed by atoms with E-state index in [4.69, 9.17) is 0 Å². The molecule has 0 spiro atoms. The summed E-state index contributed by atoms with van der Waals surface area (Å²) < 4.78 is 26.7. The fourth-order valence-corrected chi connectivity index (χ4v) is 2.22. The molecule has 0 saturated heterocycles. The summed E-state index contributed by atoms with van der Waals surface area (Å²) >= 11 is 0. The summed E-state index contributed by atoms with van der Waals surface area (Å²) in [7, 11) is 0. The first kappa shape index (κ1) is 13.7. The van der Waals surface area contributed by atoms with Crippen molar-refractivity contribution in [2.75, 3.05) is 0 Å². The molecule has 0 radical (unpaired) electrons. The Morgan fingerprint density at radius 3 is 2.53 bits per heavy atom. The van der Waals surface area contributed by atoms with Crippen LogP contribution in [0.5, 0.6) is 0 Å². The molecule has 0 saturated carbocycles. The summed E-state index contributed by atoms with van der Waals surface area (Å²) in [5.74, 6) is -1.77. The van der Waals surface area contributed by atoms with Gasteiger partial charge in [-0.15, -0.1) is 0 Å². The summed E-state index contributed by atoms with van der Waals surface area (Å²) in [5, 5.41) is 10.2. The number of rotatable bonds is 3. The standard InChI is InChI=1S/C16H16F2O/c1-10-6-7-13(11(2)8-10)15(19)9-12-4-3-5-14(17)16(12)18/h3-8,15,19H,9H2,1-2H3. The molecule has 1 nitrogen and oxygen atoms in total. The van der Waals surface area contributed by atoms with Gasteiger partial charge in [-0.1, -0.05) is 35.9 Å². The van der Waals surface area contributed by atoms with Crippen LogP contribution in [0.2, 0.25) is 0 Å². The molecule has 1 unspecified atom stereocenters. The summed E-state index contributed by atoms with van der Waals surface area (Å²) in [6.45, 7) is 3.86. The van der Waals surface area contributed by atoms with Gasteiger partial charge in [-0.25, -0.2) is 8.78 Å². The Bertz CT molecular complexity index is 593. The number of hydrogen-bond acceptors (Lipinski definition) is 1. The van der Waals surface area contributed by atoms with Gasteiger partial charge in [-0.3, -0.25) is 0 Å². The number of halogens is 2. The van der Waals surface area contributed by atoms with Crippen molar-refractivity contribution in [2.24, 2.45) is 0 Å². The lowest BCUT2D eigenvalue weighted by atomic mass is 9.96. The zero-order valence-corrected chi connectivity index (χ0v) is 11.0. The predicted octanol–water partition coefficient (Wildman–Crippen LogP) is 3.86. The average Bonchev–Trinajstić information content (AvgIpc) is 2.34. The first-order valence-electron chi connectivity index (χ1n) is 6.17. The molecule has 3 heteroatoms. The molecule has 0 heterocycles. The van der Waals surface area contributed by atoms with Gasteiger partial charge in [0.25, 0.3) is 0 Å². The molecule has 0 aliphatic heterocycles. The third kappa shape index (κ3) is 2.99. The second-order valence-electron chi connectivity index (χ2n) is 4.79. The van der Waals surface area contributed by atoms with Gasteiger partial charge in [0.05, 0.1) is 6.10 Å². The Balaban J connectivity index is 2.25. The molecule has 0 amide bonds. The van der Waals surface area contributed by atoms with E-state index in [0.717, 1.165) is 22.8 Å². The smallest absolute Gasteiger partial charge is 0.162 e. The van der Waals surface area contributed by atoms with E-state index in [2.05, 4.69) is 0 Å². The first-order chi connectivity index (χ1) is 8.99. The van der Waals surface area contributed by atoms with E-state index < -0.39 is 17.7 Å². The SMILES string of the molecule is Cc1ccc(C(O)Cc2cccc(F)c2F)c(C)c1. The lowest BCUT2D eigenvalue weighted by molar-refractivity contribution is 0.176. The quantitative estimate of drug-likeness (QED) is 0.890. The number of aliphatic hydroxyl groups is 1. The minimum Gasteiger partial charge on any atom is -0.388 e. The van der Waals surface area contributed by atoms with Gasteiger partial charge in [0.2, 0.25) is 0 Å². The highest BCUT2D eigenvalue weighted by Gasteiger charge is 2.15. The fraction of sp³-hybridized carbons (Fsp3) is 0.250. The Morgan fingerprint density at radius 2 is 1.84 bits per heavy atom. The maximum atomic E-state index is 13.6. The van der Waals surface area contributed by atoms with Crippen molar-refractivity contribution in [1.82, 2.24) is 0 Å². The minimum absolute atomic E-state index is 0.0630. The van der Waals surface area contributed by atoms with Crippen LogP contribution < -0.4 is 0 Å². The van der Waals surface area contributed by atoms with E-state index in [1.165, 1.54) is 12.1 Å². The van der Waals surface area contributed by atoms with E-state index in [9.17, 15) is 13.9 Å². The van der Waals surface area contributed by atoms with Crippen LogP contribution >= 0.6 is 0 Å². The molecule has 1 atom stereocenters. The summed E-state index contributed by atoms with van der Waals surface area (Å²) in [5.41, 5.74) is 2.98. The van der Waals surface area contributed by atoms with E-state index in [1.807, 2.05) is 32.0 Å². The molecule has 2 aromatic rings. The molecule has 2 rings (SSSR count). The molecule has 0 bridgehead atoms. The van der Waals surface area contributed by atoms with Gasteiger partial charge < -0.3 is 5.11 Å². The second-order valence-corrected chi connectivity index (χ2v) is 4.79. The maximum absolute atomic E-state index is 13.6. The van der Waals surface area contributed by atoms with E-state index in [1.54, 1.807) is 0 Å². The van der Waals surface area contributed by atoms with Gasteiger partial charge >= 0.3 is 0 Å². The summed E-state index contributed by atoms with van der Waals surface area (Å²) in [6, 6.07) is 9.69. The zero-order chi connectivity index (χ0) is 14.0. The third-order valence-corrected chi connectivity index (χ3v) is 3.23. The maximum Gasteiger partial charge on any atom is 0.162 e. The first-order valence-corrected chi connectivity index (χ1v) is 6.17. The monoisotopic (exact) mass is 262 g/mol. The molecule has 0 aliphatic rings. The third-order valence-electron chi connectivity index (χ3n) is 3.23. The number of benzene rings is 2. The number of hydrogen-bond donors (Lipinski definition) is 1. The predicted molar refractivity (Wildman–Crippen MR) is 70.9 cm³/mol. The molecule has 100 valence electrons. The fourth-order valence-electron chi connectivity index (χ4n) is 2.22. The Morgan fingerprint density at radius 1 is 1.11 bits per heavy atom. The van der Waals surface area contributed by atoms with Crippen molar-refractivity contribution in [3.8, 4) is 0 Å². The molecule has 0 aliphatic carbocycles. The van der Waals surface area contributed by atoms with Crippen LogP contribution in [0.1, 0.15) is 28.4 Å². The van der Waals surface area contributed by atoms with Crippen LogP contribution in [0.4, 0.5) is 8.78 Å². The van der Waals surface area contributed by atoms with Gasteiger partial charge in [-0.05, 0) is 36.6 Å². The zero-order valence-electron chi connectivity index (χ0n) is 11.0. The number of aryl methyl sites for hydroxylation is 2. The highest BCUT2D eigenvalue weighted by Crippen LogP contribution is 2.24. The van der Waals surface area contributed by atoms with Crippen LogP contribution in [0.15, 0.2) is 36.4 Å². The van der Waals surface area contributed by atoms with E-state index >= 15 is 0 Å². The normalized spacial score (nSPS) is 12.5. The average molecular weight is 262 g/mol. The Hall–Kier alpha value is -1.74. The van der Waals surface area contributed by atoms with Crippen molar-refractivity contribution in [1.29, 1.82) is 0 Å². The topological polar surface area (TPSA) is 20.2 Å². The van der Waals surface area contributed by atoms with Gasteiger partial charge in [0.1, 0.15) is 0 Å². The van der Waals surface area contributed by atoms with Gasteiger partial charge in [0, 0.05) is 6.42 Å². The van der Waals surface area contributed by atoms with Crippen LogP contribution in [0, 0.1) is 25.5 Å². The molecule has 0 fully saturated rings. The highest BCUT2D eigenvalue weighted by molar-refractivity contribution is 5.33.